The molecule has 0 radical (unpaired) electrons. The highest BCUT2D eigenvalue weighted by Crippen LogP contribution is 2.31. The predicted octanol–water partition coefficient (Wildman–Crippen LogP) is 3.72. The van der Waals surface area contributed by atoms with Crippen LogP contribution >= 0.6 is 15.9 Å². The number of nitrogens with one attached hydrogen (secondary N) is 1. The van der Waals surface area contributed by atoms with Gasteiger partial charge < -0.3 is 61.0 Å². The summed E-state index contributed by atoms with van der Waals surface area (Å²) in [5.74, 6) is 3.57. The number of nitrogens with two attached hydrogens (primary N) is 3. The van der Waals surface area contributed by atoms with Crippen molar-refractivity contribution in [3.63, 3.8) is 0 Å². The zero-order chi connectivity index (χ0) is 40.6. The van der Waals surface area contributed by atoms with Crippen molar-refractivity contribution in [1.29, 1.82) is 0 Å². The number of rotatable bonds is 6. The van der Waals surface area contributed by atoms with E-state index in [9.17, 15) is 14.6 Å². The van der Waals surface area contributed by atoms with Crippen molar-refractivity contribution >= 4 is 71.5 Å². The summed E-state index contributed by atoms with van der Waals surface area (Å²) in [6.07, 6.45) is 7.90. The van der Waals surface area contributed by atoms with E-state index in [1.807, 2.05) is 30.3 Å². The molecule has 2 aromatic carbocycles. The zero-order valence-electron chi connectivity index (χ0n) is 30.3. The predicted molar refractivity (Wildman–Crippen MR) is 221 cm³/mol. The molecule has 4 aliphatic rings. The van der Waals surface area contributed by atoms with E-state index in [1.165, 1.54) is 16.9 Å². The number of amides is 2. The zero-order valence-corrected chi connectivity index (χ0v) is 31.9. The number of ether oxygens (including phenoxy) is 2. The highest BCUT2D eigenvalue weighted by molar-refractivity contribution is 9.10. The number of anilines is 3. The van der Waals surface area contributed by atoms with E-state index in [4.69, 9.17) is 54.2 Å². The smallest absolute Gasteiger partial charge is 0.532 e. The second kappa shape index (κ2) is 19.4. The van der Waals surface area contributed by atoms with Crippen LogP contribution < -0.4 is 31.8 Å². The molecule has 18 nitrogen and oxygen atoms in total. The number of primary amides is 2. The molecule has 21 heteroatoms. The summed E-state index contributed by atoms with van der Waals surface area (Å²) in [6.45, 7) is 16.4. The number of carbonyl (C=O) groups excluding carboxylic acids is 2. The Morgan fingerprint density at radius 1 is 0.828 bits per heavy atom. The van der Waals surface area contributed by atoms with Gasteiger partial charge in [-0.3, -0.25) is 19.0 Å². The summed E-state index contributed by atoms with van der Waals surface area (Å²) < 4.78 is 25.4. The maximum Gasteiger partial charge on any atom is 0.552 e. The fourth-order valence-electron chi connectivity index (χ4n) is 6.30. The Morgan fingerprint density at radius 3 is 1.88 bits per heavy atom. The first-order chi connectivity index (χ1) is 27.4. The van der Waals surface area contributed by atoms with Crippen molar-refractivity contribution in [3.8, 4) is 11.5 Å². The van der Waals surface area contributed by atoms with E-state index < -0.39 is 26.1 Å². The standard InChI is InChI=1S/C18H18BN5O4.C10H13N5O2.C8H6BBrO2.CH4/c1-21-14-5-7-27-10-15(14)24-9-13(17(20)25)18(23-24)22-12-2-3-16-11(8-12)4-6-19(26)28-16;1-13-7-2-3-17-5-8(7)15-4-6(10(12)16)9(11)14-15;10-7-1-2-8-6(5-7)3-4-9(11)12-8;/h2-4,6,8-9,14-15,26H,5,7,10H2,(H2,20,25)(H,22,23);4,7-8H,2-3,5H2,(H2,11,14)(H2,12,16);1-5,11H;1H4/t14-,15-;7-,8?;;/m00../s1. The molecule has 2 fully saturated rings. The third-order valence-corrected chi connectivity index (χ3v) is 9.73. The molecular formula is C37H41B2BrN10O8. The number of fused-ring (bicyclic) bond motifs is 2. The Hall–Kier alpha value is -6.09. The molecule has 4 aliphatic heterocycles. The average Bonchev–Trinajstić information content (AvgIpc) is 3.82. The number of halogens is 1. The highest BCUT2D eigenvalue weighted by atomic mass is 79.9. The molecule has 6 heterocycles. The molecule has 4 aromatic rings. The van der Waals surface area contributed by atoms with Gasteiger partial charge in [0, 0.05) is 46.5 Å². The van der Waals surface area contributed by atoms with Gasteiger partial charge in [-0.25, -0.2) is 13.1 Å². The van der Waals surface area contributed by atoms with Crippen molar-refractivity contribution in [2.75, 3.05) is 37.5 Å². The van der Waals surface area contributed by atoms with Gasteiger partial charge in [-0.05, 0) is 48.3 Å². The Labute approximate surface area is 343 Å². The van der Waals surface area contributed by atoms with Gasteiger partial charge in [0.15, 0.2) is 11.6 Å². The first-order valence-corrected chi connectivity index (χ1v) is 18.4. The van der Waals surface area contributed by atoms with Crippen LogP contribution in [-0.2, 0) is 9.47 Å². The van der Waals surface area contributed by atoms with Crippen molar-refractivity contribution in [2.24, 2.45) is 11.5 Å². The van der Waals surface area contributed by atoms with Crippen LogP contribution in [0.15, 0.2) is 65.2 Å². The van der Waals surface area contributed by atoms with Gasteiger partial charge in [-0.15, -0.1) is 0 Å². The van der Waals surface area contributed by atoms with Gasteiger partial charge in [0.1, 0.15) is 34.7 Å². The summed E-state index contributed by atoms with van der Waals surface area (Å²) in [5, 5.41) is 30.2. The van der Waals surface area contributed by atoms with E-state index in [0.717, 1.165) is 15.6 Å². The van der Waals surface area contributed by atoms with Crippen LogP contribution in [-0.4, -0.2) is 94.2 Å². The minimum absolute atomic E-state index is 0. The summed E-state index contributed by atoms with van der Waals surface area (Å²) in [5.41, 5.74) is 19.1. The molecule has 1 unspecified atom stereocenters. The number of nitrogen functional groups attached to an aromatic ring is 1. The molecular weight excluding hydrogens is 814 g/mol. The Bertz CT molecular complexity index is 2270. The van der Waals surface area contributed by atoms with E-state index >= 15 is 0 Å². The number of hydrogen-bond donors (Lipinski definition) is 6. The SMILES string of the molecule is C.OB1C=Cc2cc(Br)ccc2O1.[C-]#[N+][C@H]1CCOCC1n1cc(C(N)=O)c(N)n1.[C-]#[N+][C@H]1CCOC[C@@H]1n1cc(C(N)=O)c(Nc2ccc3c(c2)C=CB(O)O3)n1. The summed E-state index contributed by atoms with van der Waals surface area (Å²) >= 11 is 3.35. The summed E-state index contributed by atoms with van der Waals surface area (Å²) in [7, 11) is -1.77. The maximum absolute atomic E-state index is 11.9. The minimum atomic E-state index is -0.962. The second-order valence-corrected chi connectivity index (χ2v) is 14.0. The van der Waals surface area contributed by atoms with E-state index in [1.54, 1.807) is 35.1 Å². The quantitative estimate of drug-likeness (QED) is 0.120. The van der Waals surface area contributed by atoms with Crippen LogP contribution in [0.5, 0.6) is 11.5 Å². The lowest BCUT2D eigenvalue weighted by Gasteiger charge is -2.23. The molecule has 4 atom stereocenters. The minimum Gasteiger partial charge on any atom is -0.532 e. The van der Waals surface area contributed by atoms with Crippen molar-refractivity contribution in [2.45, 2.75) is 44.4 Å². The van der Waals surface area contributed by atoms with E-state index in [2.05, 4.69) is 41.1 Å². The molecule has 2 amide bonds. The number of carbonyl (C=O) groups is 2. The Balaban J connectivity index is 0.000000181. The van der Waals surface area contributed by atoms with Crippen molar-refractivity contribution in [3.05, 3.63) is 110 Å². The molecule has 58 heavy (non-hydrogen) atoms. The Kier molecular flexibility index (Phi) is 14.4. The molecule has 300 valence electrons. The fourth-order valence-corrected chi connectivity index (χ4v) is 6.68. The summed E-state index contributed by atoms with van der Waals surface area (Å²) in [6, 6.07) is 9.97. The number of nitrogens with zero attached hydrogens (tertiary/aromatic N) is 6. The molecule has 2 saturated heterocycles. The van der Waals surface area contributed by atoms with Crippen molar-refractivity contribution in [1.82, 2.24) is 19.6 Å². The number of hydrogen-bond acceptors (Lipinski definition) is 12. The van der Waals surface area contributed by atoms with Crippen LogP contribution in [0.25, 0.3) is 21.8 Å². The van der Waals surface area contributed by atoms with Crippen LogP contribution in [0.4, 0.5) is 17.3 Å². The molecule has 0 bridgehead atoms. The topological polar surface area (TPSA) is 246 Å². The lowest BCUT2D eigenvalue weighted by Crippen LogP contribution is -2.32. The third-order valence-electron chi connectivity index (χ3n) is 9.24. The van der Waals surface area contributed by atoms with Crippen LogP contribution in [0.1, 0.15) is 64.2 Å². The number of benzene rings is 2. The molecule has 9 N–H and O–H groups in total. The van der Waals surface area contributed by atoms with Gasteiger partial charge in [0.2, 0.25) is 12.1 Å². The Morgan fingerprint density at radius 2 is 1.34 bits per heavy atom. The fraction of sp³-hybridized carbons (Fsp3) is 0.297. The van der Waals surface area contributed by atoms with Gasteiger partial charge in [0.25, 0.3) is 11.8 Å². The highest BCUT2D eigenvalue weighted by Gasteiger charge is 2.35. The largest absolute Gasteiger partial charge is 0.552 e. The molecule has 0 saturated carbocycles. The maximum atomic E-state index is 11.9. The lowest BCUT2D eigenvalue weighted by atomic mass is 9.86. The van der Waals surface area contributed by atoms with Gasteiger partial charge in [-0.1, -0.05) is 35.5 Å². The second-order valence-electron chi connectivity index (χ2n) is 13.1. The first kappa shape index (κ1) is 43.0. The van der Waals surface area contributed by atoms with Crippen LogP contribution in [0.2, 0.25) is 0 Å². The molecule has 8 rings (SSSR count). The van der Waals surface area contributed by atoms with Gasteiger partial charge >= 0.3 is 14.2 Å². The van der Waals surface area contributed by atoms with E-state index in [-0.39, 0.29) is 48.5 Å². The lowest BCUT2D eigenvalue weighted by molar-refractivity contribution is 0.0506. The van der Waals surface area contributed by atoms with Gasteiger partial charge in [-0.2, -0.15) is 10.2 Å². The molecule has 2 aromatic heterocycles. The monoisotopic (exact) mass is 854 g/mol. The van der Waals surface area contributed by atoms with Crippen LogP contribution in [0.3, 0.4) is 0 Å². The average molecular weight is 855 g/mol. The number of aromatic nitrogens is 4. The third kappa shape index (κ3) is 10.3. The molecule has 0 aliphatic carbocycles. The van der Waals surface area contributed by atoms with E-state index in [0.29, 0.717) is 62.3 Å². The molecule has 0 spiro atoms. The normalized spacial score (nSPS) is 20.0. The summed E-state index contributed by atoms with van der Waals surface area (Å²) in [4.78, 5) is 30.2. The first-order valence-electron chi connectivity index (χ1n) is 17.6. The van der Waals surface area contributed by atoms with Gasteiger partial charge in [0.05, 0.1) is 26.4 Å². The van der Waals surface area contributed by atoms with Crippen LogP contribution in [0, 0.1) is 13.1 Å². The van der Waals surface area contributed by atoms with Crippen molar-refractivity contribution < 1.29 is 38.4 Å².